The minimum atomic E-state index is -0.210. The van der Waals surface area contributed by atoms with Crippen LogP contribution in [0.2, 0.25) is 0 Å². The number of hydrogen-bond acceptors (Lipinski definition) is 4. The van der Waals surface area contributed by atoms with Gasteiger partial charge in [0.15, 0.2) is 5.76 Å². The number of furan rings is 1. The van der Waals surface area contributed by atoms with Gasteiger partial charge in [0.2, 0.25) is 0 Å². The van der Waals surface area contributed by atoms with Crippen LogP contribution >= 0.6 is 0 Å². The zero-order valence-corrected chi connectivity index (χ0v) is 12.2. The molecule has 2 aromatic heterocycles. The molecule has 6 heteroatoms. The molecule has 2 N–H and O–H groups in total. The summed E-state index contributed by atoms with van der Waals surface area (Å²) < 4.78 is 7.24. The molecule has 0 fully saturated rings. The van der Waals surface area contributed by atoms with Crippen molar-refractivity contribution in [3.63, 3.8) is 0 Å². The van der Waals surface area contributed by atoms with Crippen LogP contribution in [0.4, 0.5) is 0 Å². The van der Waals surface area contributed by atoms with E-state index >= 15 is 0 Å². The van der Waals surface area contributed by atoms with E-state index in [2.05, 4.69) is 10.4 Å². The molecule has 0 aliphatic rings. The van der Waals surface area contributed by atoms with E-state index in [1.54, 1.807) is 23.0 Å². The molecule has 0 bridgehead atoms. The van der Waals surface area contributed by atoms with E-state index in [4.69, 9.17) is 9.52 Å². The Morgan fingerprint density at radius 3 is 3.10 bits per heavy atom. The van der Waals surface area contributed by atoms with Crippen LogP contribution in [0.25, 0.3) is 0 Å². The quantitative estimate of drug-likeness (QED) is 0.725. The van der Waals surface area contributed by atoms with Crippen molar-refractivity contribution in [2.24, 2.45) is 5.92 Å². The number of aliphatic hydroxyl groups is 1. The van der Waals surface area contributed by atoms with Gasteiger partial charge in [-0.2, -0.15) is 5.10 Å². The number of amides is 1. The van der Waals surface area contributed by atoms with Crippen molar-refractivity contribution in [1.29, 1.82) is 0 Å². The normalized spacial score (nSPS) is 12.3. The van der Waals surface area contributed by atoms with Crippen LogP contribution in [0.3, 0.4) is 0 Å². The summed E-state index contributed by atoms with van der Waals surface area (Å²) in [6.45, 7) is 3.26. The number of hydrogen-bond donors (Lipinski definition) is 2. The van der Waals surface area contributed by atoms with Crippen LogP contribution in [0.1, 0.15) is 36.1 Å². The van der Waals surface area contributed by atoms with Crippen LogP contribution < -0.4 is 5.32 Å². The van der Waals surface area contributed by atoms with Crippen LogP contribution in [0.5, 0.6) is 0 Å². The van der Waals surface area contributed by atoms with Gasteiger partial charge < -0.3 is 14.8 Å². The molecule has 2 rings (SSSR count). The SMILES string of the molecule is CC(CO)CCCNC(=O)c1ccc(Cn2cccn2)o1. The van der Waals surface area contributed by atoms with Crippen LogP contribution in [-0.2, 0) is 6.54 Å². The lowest BCUT2D eigenvalue weighted by Crippen LogP contribution is -2.24. The summed E-state index contributed by atoms with van der Waals surface area (Å²) in [5, 5.41) is 15.8. The molecule has 0 radical (unpaired) electrons. The third kappa shape index (κ3) is 4.75. The van der Waals surface area contributed by atoms with Gasteiger partial charge in [-0.25, -0.2) is 0 Å². The van der Waals surface area contributed by atoms with Gasteiger partial charge in [-0.15, -0.1) is 0 Å². The van der Waals surface area contributed by atoms with Crippen molar-refractivity contribution in [2.75, 3.05) is 13.2 Å². The third-order valence-electron chi connectivity index (χ3n) is 3.23. The lowest BCUT2D eigenvalue weighted by molar-refractivity contribution is 0.0922. The van der Waals surface area contributed by atoms with E-state index in [0.29, 0.717) is 24.6 Å². The number of nitrogens with one attached hydrogen (secondary N) is 1. The average molecular weight is 291 g/mol. The van der Waals surface area contributed by atoms with Gasteiger partial charge in [-0.3, -0.25) is 9.48 Å². The second kappa shape index (κ2) is 7.64. The monoisotopic (exact) mass is 291 g/mol. The highest BCUT2D eigenvalue weighted by Crippen LogP contribution is 2.09. The predicted octanol–water partition coefficient (Wildman–Crippen LogP) is 1.66. The first-order valence-electron chi connectivity index (χ1n) is 7.14. The number of aliphatic hydroxyl groups excluding tert-OH is 1. The topological polar surface area (TPSA) is 80.3 Å². The Bertz CT molecular complexity index is 548. The van der Waals surface area contributed by atoms with Crippen molar-refractivity contribution in [3.8, 4) is 0 Å². The fourth-order valence-electron chi connectivity index (χ4n) is 1.97. The van der Waals surface area contributed by atoms with Crippen LogP contribution in [0, 0.1) is 5.92 Å². The van der Waals surface area contributed by atoms with E-state index in [0.717, 1.165) is 12.8 Å². The molecule has 1 amide bonds. The van der Waals surface area contributed by atoms with Crippen molar-refractivity contribution in [1.82, 2.24) is 15.1 Å². The Morgan fingerprint density at radius 2 is 2.38 bits per heavy atom. The Labute approximate surface area is 123 Å². The molecule has 1 atom stereocenters. The molecule has 2 heterocycles. The summed E-state index contributed by atoms with van der Waals surface area (Å²) in [6, 6.07) is 5.29. The third-order valence-corrected chi connectivity index (χ3v) is 3.23. The van der Waals surface area contributed by atoms with Crippen molar-refractivity contribution in [3.05, 3.63) is 42.1 Å². The highest BCUT2D eigenvalue weighted by atomic mass is 16.4. The van der Waals surface area contributed by atoms with E-state index in [1.807, 2.05) is 19.2 Å². The molecule has 6 nitrogen and oxygen atoms in total. The van der Waals surface area contributed by atoms with Gasteiger partial charge in [-0.05, 0) is 37.0 Å². The predicted molar refractivity (Wildman–Crippen MR) is 77.9 cm³/mol. The maximum atomic E-state index is 11.9. The maximum Gasteiger partial charge on any atom is 0.286 e. The molecule has 2 aromatic rings. The molecule has 0 saturated heterocycles. The Balaban J connectivity index is 1.76. The van der Waals surface area contributed by atoms with E-state index in [9.17, 15) is 4.79 Å². The van der Waals surface area contributed by atoms with Gasteiger partial charge >= 0.3 is 0 Å². The van der Waals surface area contributed by atoms with Crippen LogP contribution in [0.15, 0.2) is 35.0 Å². The molecule has 0 aromatic carbocycles. The zero-order valence-electron chi connectivity index (χ0n) is 12.2. The average Bonchev–Trinajstić information content (AvgIpc) is 3.15. The lowest BCUT2D eigenvalue weighted by Gasteiger charge is -2.07. The van der Waals surface area contributed by atoms with Crippen molar-refractivity contribution < 1.29 is 14.3 Å². The van der Waals surface area contributed by atoms with E-state index in [-0.39, 0.29) is 18.4 Å². The summed E-state index contributed by atoms with van der Waals surface area (Å²) in [5.74, 6) is 1.06. The fourth-order valence-corrected chi connectivity index (χ4v) is 1.97. The summed E-state index contributed by atoms with van der Waals surface area (Å²) in [4.78, 5) is 11.9. The Hall–Kier alpha value is -2.08. The minimum absolute atomic E-state index is 0.183. The molecule has 21 heavy (non-hydrogen) atoms. The number of nitrogens with zero attached hydrogens (tertiary/aromatic N) is 2. The fraction of sp³-hybridized carbons (Fsp3) is 0.467. The van der Waals surface area contributed by atoms with Gasteiger partial charge in [-0.1, -0.05) is 6.92 Å². The highest BCUT2D eigenvalue weighted by molar-refractivity contribution is 5.91. The second-order valence-electron chi connectivity index (χ2n) is 5.16. The van der Waals surface area contributed by atoms with E-state index < -0.39 is 0 Å². The summed E-state index contributed by atoms with van der Waals surface area (Å²) in [6.07, 6.45) is 5.27. The first kappa shape index (κ1) is 15.3. The van der Waals surface area contributed by atoms with Crippen LogP contribution in [-0.4, -0.2) is 33.9 Å². The standard InChI is InChI=1S/C15H21N3O3/c1-12(11-19)4-2-7-16-15(20)14-6-5-13(21-14)10-18-9-3-8-17-18/h3,5-6,8-9,12,19H,2,4,7,10-11H2,1H3,(H,16,20). The molecular weight excluding hydrogens is 270 g/mol. The van der Waals surface area contributed by atoms with Gasteiger partial charge in [0, 0.05) is 25.5 Å². The molecule has 0 saturated carbocycles. The number of rotatable bonds is 8. The smallest absolute Gasteiger partial charge is 0.286 e. The van der Waals surface area contributed by atoms with Gasteiger partial charge in [0.1, 0.15) is 5.76 Å². The molecule has 114 valence electrons. The minimum Gasteiger partial charge on any atom is -0.454 e. The summed E-state index contributed by atoms with van der Waals surface area (Å²) in [5.41, 5.74) is 0. The van der Waals surface area contributed by atoms with Gasteiger partial charge in [0.25, 0.3) is 5.91 Å². The summed E-state index contributed by atoms with van der Waals surface area (Å²) >= 11 is 0. The number of aromatic nitrogens is 2. The number of carbonyl (C=O) groups is 1. The molecule has 1 unspecified atom stereocenters. The maximum absolute atomic E-state index is 11.9. The number of carbonyl (C=O) groups excluding carboxylic acids is 1. The molecular formula is C15H21N3O3. The highest BCUT2D eigenvalue weighted by Gasteiger charge is 2.11. The molecule has 0 aliphatic heterocycles. The zero-order chi connectivity index (χ0) is 15.1. The molecule has 0 spiro atoms. The first-order chi connectivity index (χ1) is 10.2. The first-order valence-corrected chi connectivity index (χ1v) is 7.14. The largest absolute Gasteiger partial charge is 0.454 e. The Morgan fingerprint density at radius 1 is 1.52 bits per heavy atom. The lowest BCUT2D eigenvalue weighted by atomic mass is 10.1. The van der Waals surface area contributed by atoms with Crippen molar-refractivity contribution >= 4 is 5.91 Å². The second-order valence-corrected chi connectivity index (χ2v) is 5.16. The van der Waals surface area contributed by atoms with Gasteiger partial charge in [0.05, 0.1) is 6.54 Å². The Kier molecular flexibility index (Phi) is 5.57. The molecule has 0 aliphatic carbocycles. The van der Waals surface area contributed by atoms with Crippen molar-refractivity contribution in [2.45, 2.75) is 26.3 Å². The summed E-state index contributed by atoms with van der Waals surface area (Å²) in [7, 11) is 0. The van der Waals surface area contributed by atoms with E-state index in [1.165, 1.54) is 0 Å².